The Morgan fingerprint density at radius 2 is 1.90 bits per heavy atom. The van der Waals surface area contributed by atoms with Crippen LogP contribution in [-0.4, -0.2) is 35.7 Å². The van der Waals surface area contributed by atoms with Gasteiger partial charge in [0.2, 0.25) is 0 Å². The molecule has 1 atom stereocenters. The van der Waals surface area contributed by atoms with E-state index in [0.717, 1.165) is 30.7 Å². The first kappa shape index (κ1) is 17.3. The lowest BCUT2D eigenvalue weighted by molar-refractivity contribution is 0.109. The van der Waals surface area contributed by atoms with E-state index >= 15 is 0 Å². The number of aliphatic imine (C=N–C) groups is 1. The third-order valence-electron chi connectivity index (χ3n) is 3.28. The van der Waals surface area contributed by atoms with E-state index in [9.17, 15) is 4.79 Å². The Hall–Kier alpha value is -0.750. The Labute approximate surface area is 126 Å². The van der Waals surface area contributed by atoms with Crippen LogP contribution in [0.1, 0.15) is 46.5 Å². The summed E-state index contributed by atoms with van der Waals surface area (Å²) < 4.78 is 5.11. The van der Waals surface area contributed by atoms with Gasteiger partial charge in [-0.05, 0) is 52.7 Å². The molecule has 1 fully saturated rings. The van der Waals surface area contributed by atoms with Crippen LogP contribution >= 0.6 is 11.8 Å². The summed E-state index contributed by atoms with van der Waals surface area (Å²) in [7, 11) is 0. The molecule has 6 heteroatoms. The smallest absolute Gasteiger partial charge is 0.407 e. The normalized spacial score (nSPS) is 25.4. The van der Waals surface area contributed by atoms with Gasteiger partial charge in [0, 0.05) is 12.0 Å². The van der Waals surface area contributed by atoms with Crippen molar-refractivity contribution in [1.82, 2.24) is 5.32 Å². The summed E-state index contributed by atoms with van der Waals surface area (Å²) >= 11 is 1.69. The third kappa shape index (κ3) is 6.13. The van der Waals surface area contributed by atoms with E-state index in [1.807, 2.05) is 27.0 Å². The topological polar surface area (TPSA) is 76.7 Å². The molecule has 1 rings (SSSR count). The van der Waals surface area contributed by atoms with Crippen LogP contribution in [0.3, 0.4) is 0 Å². The van der Waals surface area contributed by atoms with Crippen LogP contribution < -0.4 is 11.1 Å². The van der Waals surface area contributed by atoms with E-state index in [1.54, 1.807) is 11.8 Å². The van der Waals surface area contributed by atoms with Crippen LogP contribution in [0.25, 0.3) is 0 Å². The number of amides is 1. The first-order valence-electron chi connectivity index (χ1n) is 7.26. The molecule has 1 amide bonds. The van der Waals surface area contributed by atoms with Gasteiger partial charge in [-0.1, -0.05) is 0 Å². The SMILES string of the molecule is CSC(=NC(C)N)C1CCC(NC(=O)OC(C)C)CC1. The van der Waals surface area contributed by atoms with Crippen molar-refractivity contribution in [3.05, 3.63) is 0 Å². The number of nitrogens with zero attached hydrogens (tertiary/aromatic N) is 1. The molecule has 0 aromatic heterocycles. The summed E-state index contributed by atoms with van der Waals surface area (Å²) in [6.45, 7) is 5.60. The highest BCUT2D eigenvalue weighted by Gasteiger charge is 2.26. The van der Waals surface area contributed by atoms with Gasteiger partial charge in [0.1, 0.15) is 0 Å². The van der Waals surface area contributed by atoms with Crippen LogP contribution in [0.15, 0.2) is 4.99 Å². The number of carbonyl (C=O) groups is 1. The van der Waals surface area contributed by atoms with Gasteiger partial charge < -0.3 is 15.8 Å². The van der Waals surface area contributed by atoms with Crippen molar-refractivity contribution in [3.8, 4) is 0 Å². The number of carbonyl (C=O) groups excluding carboxylic acids is 1. The maximum atomic E-state index is 11.6. The highest BCUT2D eigenvalue weighted by atomic mass is 32.2. The minimum atomic E-state index is -0.308. The van der Waals surface area contributed by atoms with E-state index in [0.29, 0.717) is 5.92 Å². The monoisotopic (exact) mass is 301 g/mol. The van der Waals surface area contributed by atoms with Crippen molar-refractivity contribution in [1.29, 1.82) is 0 Å². The minimum absolute atomic E-state index is 0.0763. The number of nitrogens with two attached hydrogens (primary N) is 1. The maximum absolute atomic E-state index is 11.6. The van der Waals surface area contributed by atoms with E-state index < -0.39 is 0 Å². The van der Waals surface area contributed by atoms with Crippen molar-refractivity contribution in [2.45, 2.75) is 64.8 Å². The quantitative estimate of drug-likeness (QED) is 0.618. The molecule has 0 bridgehead atoms. The number of hydrogen-bond acceptors (Lipinski definition) is 5. The zero-order chi connectivity index (χ0) is 15.1. The van der Waals surface area contributed by atoms with Crippen LogP contribution in [-0.2, 0) is 4.74 Å². The Bertz CT molecular complexity index is 337. The van der Waals surface area contributed by atoms with E-state index in [4.69, 9.17) is 10.5 Å². The van der Waals surface area contributed by atoms with Crippen LogP contribution in [0.2, 0.25) is 0 Å². The zero-order valence-corrected chi connectivity index (χ0v) is 13.7. The Kier molecular flexibility index (Phi) is 7.37. The lowest BCUT2D eigenvalue weighted by atomic mass is 9.86. The van der Waals surface area contributed by atoms with E-state index in [-0.39, 0.29) is 24.4 Å². The highest BCUT2D eigenvalue weighted by Crippen LogP contribution is 2.29. The van der Waals surface area contributed by atoms with Gasteiger partial charge in [-0.2, -0.15) is 0 Å². The molecule has 3 N–H and O–H groups in total. The van der Waals surface area contributed by atoms with Crippen molar-refractivity contribution in [2.24, 2.45) is 16.6 Å². The average Bonchev–Trinajstić information content (AvgIpc) is 2.35. The molecule has 0 spiro atoms. The van der Waals surface area contributed by atoms with Crippen LogP contribution in [0.5, 0.6) is 0 Å². The number of alkyl carbamates (subject to hydrolysis) is 1. The van der Waals surface area contributed by atoms with Crippen LogP contribution in [0, 0.1) is 5.92 Å². The molecule has 0 saturated heterocycles. The Morgan fingerprint density at radius 1 is 1.30 bits per heavy atom. The molecule has 0 aromatic rings. The molecule has 20 heavy (non-hydrogen) atoms. The predicted octanol–water partition coefficient (Wildman–Crippen LogP) is 2.75. The molecule has 0 heterocycles. The molecule has 1 saturated carbocycles. The number of ether oxygens (including phenoxy) is 1. The fourth-order valence-electron chi connectivity index (χ4n) is 2.42. The molecule has 5 nitrogen and oxygen atoms in total. The largest absolute Gasteiger partial charge is 0.447 e. The standard InChI is InChI=1S/C14H27N3O2S/c1-9(2)19-14(18)17-12-7-5-11(6-8-12)13(20-4)16-10(3)15/h9-12H,5-8,15H2,1-4H3,(H,17,18). The van der Waals surface area contributed by atoms with Crippen molar-refractivity contribution < 1.29 is 9.53 Å². The summed E-state index contributed by atoms with van der Waals surface area (Å²) in [6.07, 6.45) is 5.54. The lowest BCUT2D eigenvalue weighted by Crippen LogP contribution is -2.39. The van der Waals surface area contributed by atoms with Crippen LogP contribution in [0.4, 0.5) is 4.79 Å². The third-order valence-corrected chi connectivity index (χ3v) is 4.14. The summed E-state index contributed by atoms with van der Waals surface area (Å²) in [5, 5.41) is 4.08. The lowest BCUT2D eigenvalue weighted by Gasteiger charge is -2.29. The molecule has 0 radical (unpaired) electrons. The second kappa shape index (κ2) is 8.52. The summed E-state index contributed by atoms with van der Waals surface area (Å²) in [6, 6.07) is 0.218. The van der Waals surface area contributed by atoms with Gasteiger partial charge in [-0.25, -0.2) is 4.79 Å². The van der Waals surface area contributed by atoms with Gasteiger partial charge in [-0.15, -0.1) is 11.8 Å². The molecular weight excluding hydrogens is 274 g/mol. The van der Waals surface area contributed by atoms with Crippen molar-refractivity contribution in [2.75, 3.05) is 6.26 Å². The molecule has 0 aromatic carbocycles. The molecule has 116 valence electrons. The van der Waals surface area contributed by atoms with Crippen molar-refractivity contribution in [3.63, 3.8) is 0 Å². The van der Waals surface area contributed by atoms with Gasteiger partial charge in [0.05, 0.1) is 17.3 Å². The number of hydrogen-bond donors (Lipinski definition) is 2. The Balaban J connectivity index is 2.41. The predicted molar refractivity (Wildman–Crippen MR) is 85.1 cm³/mol. The summed E-state index contributed by atoms with van der Waals surface area (Å²) in [5.74, 6) is 0.482. The number of rotatable bonds is 4. The molecule has 1 unspecified atom stereocenters. The van der Waals surface area contributed by atoms with Gasteiger partial charge in [0.25, 0.3) is 0 Å². The molecule has 0 aliphatic heterocycles. The second-order valence-electron chi connectivity index (χ2n) is 5.56. The van der Waals surface area contributed by atoms with E-state index in [1.165, 1.54) is 0 Å². The Morgan fingerprint density at radius 3 is 2.35 bits per heavy atom. The van der Waals surface area contributed by atoms with Gasteiger partial charge in [0.15, 0.2) is 0 Å². The molecule has 1 aliphatic rings. The highest BCUT2D eigenvalue weighted by molar-refractivity contribution is 8.13. The first-order valence-corrected chi connectivity index (χ1v) is 8.49. The number of nitrogens with one attached hydrogen (secondary N) is 1. The fraction of sp³-hybridized carbons (Fsp3) is 0.857. The molecule has 1 aliphatic carbocycles. The summed E-state index contributed by atoms with van der Waals surface area (Å²) in [5.41, 5.74) is 5.74. The minimum Gasteiger partial charge on any atom is -0.447 e. The summed E-state index contributed by atoms with van der Waals surface area (Å²) in [4.78, 5) is 16.1. The second-order valence-corrected chi connectivity index (χ2v) is 6.39. The maximum Gasteiger partial charge on any atom is 0.407 e. The van der Waals surface area contributed by atoms with E-state index in [2.05, 4.69) is 10.3 Å². The van der Waals surface area contributed by atoms with Crippen molar-refractivity contribution >= 4 is 22.9 Å². The fourth-order valence-corrected chi connectivity index (χ4v) is 3.27. The van der Waals surface area contributed by atoms with Gasteiger partial charge >= 0.3 is 6.09 Å². The molecular formula is C14H27N3O2S. The average molecular weight is 301 g/mol. The first-order chi connectivity index (χ1) is 9.42. The van der Waals surface area contributed by atoms with Gasteiger partial charge in [-0.3, -0.25) is 4.99 Å². The number of thioether (sulfide) groups is 1. The zero-order valence-electron chi connectivity index (χ0n) is 12.9.